The number of rotatable bonds is 2. The van der Waals surface area contributed by atoms with Gasteiger partial charge < -0.3 is 9.84 Å². The van der Waals surface area contributed by atoms with Gasteiger partial charge in [0, 0.05) is 6.07 Å². The molecular formula is C12H13BrClFO2. The van der Waals surface area contributed by atoms with Crippen LogP contribution in [0.2, 0.25) is 5.02 Å². The first kappa shape index (κ1) is 13.1. The van der Waals surface area contributed by atoms with E-state index in [-0.39, 0.29) is 11.1 Å². The number of hydrogen-bond donors (Lipinski definition) is 1. The van der Waals surface area contributed by atoms with Crippen LogP contribution in [0.15, 0.2) is 16.6 Å². The summed E-state index contributed by atoms with van der Waals surface area (Å²) in [4.78, 5) is 0. The Morgan fingerprint density at radius 1 is 1.35 bits per heavy atom. The number of aliphatic hydroxyl groups excluding tert-OH is 1. The van der Waals surface area contributed by atoms with Gasteiger partial charge in [0.05, 0.1) is 15.6 Å². The zero-order chi connectivity index (χ0) is 12.4. The van der Waals surface area contributed by atoms with Crippen molar-refractivity contribution in [3.63, 3.8) is 0 Å². The summed E-state index contributed by atoms with van der Waals surface area (Å²) in [6, 6.07) is 2.70. The number of benzene rings is 1. The van der Waals surface area contributed by atoms with Crippen molar-refractivity contribution in [2.24, 2.45) is 0 Å². The van der Waals surface area contributed by atoms with Crippen molar-refractivity contribution in [3.05, 3.63) is 27.4 Å². The summed E-state index contributed by atoms with van der Waals surface area (Å²) in [5, 5.41) is 9.83. The Balaban J connectivity index is 2.15. The van der Waals surface area contributed by atoms with Gasteiger partial charge in [-0.2, -0.15) is 0 Å². The first-order valence-electron chi connectivity index (χ1n) is 5.57. The first-order valence-corrected chi connectivity index (χ1v) is 6.74. The van der Waals surface area contributed by atoms with E-state index in [4.69, 9.17) is 16.3 Å². The molecule has 0 aromatic heterocycles. The molecule has 1 N–H and O–H groups in total. The zero-order valence-electron chi connectivity index (χ0n) is 9.13. The topological polar surface area (TPSA) is 29.5 Å². The van der Waals surface area contributed by atoms with Gasteiger partial charge in [-0.3, -0.25) is 0 Å². The maximum Gasteiger partial charge on any atom is 0.145 e. The van der Waals surface area contributed by atoms with Gasteiger partial charge in [-0.25, -0.2) is 4.39 Å². The molecule has 0 unspecified atom stereocenters. The third-order valence-electron chi connectivity index (χ3n) is 2.92. The van der Waals surface area contributed by atoms with Crippen molar-refractivity contribution in [3.8, 4) is 5.75 Å². The Labute approximate surface area is 113 Å². The van der Waals surface area contributed by atoms with E-state index >= 15 is 0 Å². The molecule has 1 saturated carbocycles. The third-order valence-corrected chi connectivity index (χ3v) is 3.83. The Kier molecular flexibility index (Phi) is 4.28. The van der Waals surface area contributed by atoms with Crippen LogP contribution in [0.1, 0.15) is 25.7 Å². The lowest BCUT2D eigenvalue weighted by atomic mass is 9.95. The molecule has 1 aliphatic carbocycles. The zero-order valence-corrected chi connectivity index (χ0v) is 11.5. The largest absolute Gasteiger partial charge is 0.486 e. The van der Waals surface area contributed by atoms with Crippen LogP contribution in [0.5, 0.6) is 5.75 Å². The first-order chi connectivity index (χ1) is 8.08. The number of hydrogen-bond acceptors (Lipinski definition) is 2. The molecule has 2 rings (SSSR count). The highest BCUT2D eigenvalue weighted by Gasteiger charge is 2.25. The summed E-state index contributed by atoms with van der Waals surface area (Å²) in [5.41, 5.74) is 0. The van der Waals surface area contributed by atoms with Crippen molar-refractivity contribution >= 4 is 27.5 Å². The standard InChI is InChI=1S/C12H13BrClFO2/c13-7-5-8(14)9(15)6-12(7)17-11-4-2-1-3-10(11)16/h5-6,10-11,16H,1-4H2/t10-,11-/m0/s1. The van der Waals surface area contributed by atoms with Crippen LogP contribution in [0.4, 0.5) is 4.39 Å². The second-order valence-corrected chi connectivity index (χ2v) is 5.47. The second-order valence-electron chi connectivity index (χ2n) is 4.20. The van der Waals surface area contributed by atoms with Crippen LogP contribution in [-0.2, 0) is 0 Å². The fraction of sp³-hybridized carbons (Fsp3) is 0.500. The summed E-state index contributed by atoms with van der Waals surface area (Å²) in [7, 11) is 0. The van der Waals surface area contributed by atoms with Crippen LogP contribution in [0.3, 0.4) is 0 Å². The van der Waals surface area contributed by atoms with Gasteiger partial charge in [-0.05, 0) is 41.3 Å². The van der Waals surface area contributed by atoms with Crippen LogP contribution in [-0.4, -0.2) is 17.3 Å². The molecule has 0 heterocycles. The quantitative estimate of drug-likeness (QED) is 0.836. The number of aliphatic hydroxyl groups is 1. The molecule has 0 aliphatic heterocycles. The van der Waals surface area contributed by atoms with E-state index in [2.05, 4.69) is 15.9 Å². The highest BCUT2D eigenvalue weighted by atomic mass is 79.9. The third kappa shape index (κ3) is 3.12. The smallest absolute Gasteiger partial charge is 0.145 e. The lowest BCUT2D eigenvalue weighted by Crippen LogP contribution is -2.34. The molecule has 2 atom stereocenters. The summed E-state index contributed by atoms with van der Waals surface area (Å²) in [6.45, 7) is 0. The summed E-state index contributed by atoms with van der Waals surface area (Å²) in [6.07, 6.45) is 2.82. The van der Waals surface area contributed by atoms with Crippen LogP contribution in [0, 0.1) is 5.82 Å². The van der Waals surface area contributed by atoms with E-state index in [9.17, 15) is 9.50 Å². The lowest BCUT2D eigenvalue weighted by molar-refractivity contribution is 0.00634. The molecule has 17 heavy (non-hydrogen) atoms. The summed E-state index contributed by atoms with van der Waals surface area (Å²) in [5.74, 6) is -0.131. The molecular weight excluding hydrogens is 310 g/mol. The fourth-order valence-electron chi connectivity index (χ4n) is 1.97. The van der Waals surface area contributed by atoms with Gasteiger partial charge in [0.1, 0.15) is 17.7 Å². The monoisotopic (exact) mass is 322 g/mol. The van der Waals surface area contributed by atoms with Gasteiger partial charge in [-0.1, -0.05) is 18.0 Å². The average molecular weight is 324 g/mol. The average Bonchev–Trinajstić information content (AvgIpc) is 2.29. The molecule has 2 nitrogen and oxygen atoms in total. The molecule has 0 bridgehead atoms. The lowest BCUT2D eigenvalue weighted by Gasteiger charge is -2.28. The van der Waals surface area contributed by atoms with Crippen molar-refractivity contribution in [2.75, 3.05) is 0 Å². The molecule has 5 heteroatoms. The van der Waals surface area contributed by atoms with Gasteiger partial charge >= 0.3 is 0 Å². The van der Waals surface area contributed by atoms with Gasteiger partial charge in [0.15, 0.2) is 0 Å². The minimum atomic E-state index is -0.518. The maximum atomic E-state index is 13.3. The highest BCUT2D eigenvalue weighted by Crippen LogP contribution is 2.33. The highest BCUT2D eigenvalue weighted by molar-refractivity contribution is 9.10. The SMILES string of the molecule is O[C@H]1CCCC[C@@H]1Oc1cc(F)c(Cl)cc1Br. The molecule has 0 amide bonds. The van der Waals surface area contributed by atoms with Gasteiger partial charge in [-0.15, -0.1) is 0 Å². The Hall–Kier alpha value is -0.320. The van der Waals surface area contributed by atoms with E-state index in [1.165, 1.54) is 12.1 Å². The normalized spacial score (nSPS) is 24.7. The van der Waals surface area contributed by atoms with Crippen LogP contribution < -0.4 is 4.74 Å². The Morgan fingerprint density at radius 3 is 2.76 bits per heavy atom. The van der Waals surface area contributed by atoms with Crippen LogP contribution in [0.25, 0.3) is 0 Å². The molecule has 1 fully saturated rings. The van der Waals surface area contributed by atoms with Gasteiger partial charge in [0.2, 0.25) is 0 Å². The predicted molar refractivity (Wildman–Crippen MR) is 68.0 cm³/mol. The number of ether oxygens (including phenoxy) is 1. The molecule has 1 aromatic rings. The summed E-state index contributed by atoms with van der Waals surface area (Å²) >= 11 is 8.92. The molecule has 0 radical (unpaired) electrons. The van der Waals surface area contributed by atoms with E-state index in [1.54, 1.807) is 0 Å². The van der Waals surface area contributed by atoms with Crippen molar-refractivity contribution in [1.29, 1.82) is 0 Å². The van der Waals surface area contributed by atoms with Crippen molar-refractivity contribution in [2.45, 2.75) is 37.9 Å². The van der Waals surface area contributed by atoms with E-state index < -0.39 is 11.9 Å². The van der Waals surface area contributed by atoms with E-state index in [0.29, 0.717) is 10.2 Å². The Morgan fingerprint density at radius 2 is 2.06 bits per heavy atom. The fourth-order valence-corrected chi connectivity index (χ4v) is 2.70. The Bertz CT molecular complexity index is 414. The maximum absolute atomic E-state index is 13.3. The van der Waals surface area contributed by atoms with Crippen molar-refractivity contribution < 1.29 is 14.2 Å². The summed E-state index contributed by atoms with van der Waals surface area (Å²) < 4.78 is 19.6. The second kappa shape index (κ2) is 5.55. The molecule has 1 aliphatic rings. The van der Waals surface area contributed by atoms with Crippen molar-refractivity contribution in [1.82, 2.24) is 0 Å². The van der Waals surface area contributed by atoms with E-state index in [1.807, 2.05) is 0 Å². The molecule has 94 valence electrons. The molecule has 0 spiro atoms. The van der Waals surface area contributed by atoms with Crippen LogP contribution >= 0.6 is 27.5 Å². The molecule has 0 saturated heterocycles. The minimum Gasteiger partial charge on any atom is -0.486 e. The predicted octanol–water partition coefficient (Wildman–Crippen LogP) is 3.92. The van der Waals surface area contributed by atoms with Gasteiger partial charge in [0.25, 0.3) is 0 Å². The van der Waals surface area contributed by atoms with E-state index in [0.717, 1.165) is 25.7 Å². The number of halogens is 3. The minimum absolute atomic E-state index is 0.0495. The molecule has 1 aromatic carbocycles.